The number of hydrogen-bond donors (Lipinski definition) is 0. The first-order valence-electron chi connectivity index (χ1n) is 16.1. The summed E-state index contributed by atoms with van der Waals surface area (Å²) in [5.41, 5.74) is 8.56. The van der Waals surface area contributed by atoms with E-state index in [0.29, 0.717) is 0 Å². The molecule has 2 heteroatoms. The van der Waals surface area contributed by atoms with Crippen LogP contribution in [0.1, 0.15) is 0 Å². The van der Waals surface area contributed by atoms with Crippen LogP contribution in [0.3, 0.4) is 0 Å². The molecule has 0 spiro atoms. The van der Waals surface area contributed by atoms with Crippen LogP contribution in [0, 0.1) is 11.6 Å². The van der Waals surface area contributed by atoms with Gasteiger partial charge in [0.1, 0.15) is 11.6 Å². The van der Waals surface area contributed by atoms with Gasteiger partial charge in [-0.3, -0.25) is 0 Å². The van der Waals surface area contributed by atoms with E-state index < -0.39 is 0 Å². The molecule has 0 amide bonds. The van der Waals surface area contributed by atoms with Crippen LogP contribution in [0.2, 0.25) is 0 Å². The molecule has 0 unspecified atom stereocenters. The summed E-state index contributed by atoms with van der Waals surface area (Å²) in [5.74, 6) is -0.505. The number of hydrogen-bond acceptors (Lipinski definition) is 0. The van der Waals surface area contributed by atoms with Gasteiger partial charge in [0.2, 0.25) is 0 Å². The van der Waals surface area contributed by atoms with E-state index >= 15 is 0 Å². The Hall–Kier alpha value is -6.12. The van der Waals surface area contributed by atoms with E-state index in [2.05, 4.69) is 121 Å². The van der Waals surface area contributed by atoms with Gasteiger partial charge in [-0.05, 0) is 124 Å². The lowest BCUT2D eigenvalue weighted by atomic mass is 9.82. The van der Waals surface area contributed by atoms with Gasteiger partial charge in [0.05, 0.1) is 0 Å². The normalized spacial score (nSPS) is 11.5. The molecule has 0 bridgehead atoms. The molecule has 0 radical (unpaired) electrons. The van der Waals surface area contributed by atoms with Gasteiger partial charge in [0, 0.05) is 0 Å². The van der Waals surface area contributed by atoms with Gasteiger partial charge < -0.3 is 0 Å². The standard InChI is InChI=1S/C46H28F2/c47-35-21-15-29(16-22-35)33-20-26-42-43(27-33)45(39-13-5-9-31-7-1-3-11-37(31)39)41-25-19-34(30-17-23-36(48)24-18-30)28-44(41)46(42)40-14-6-10-32-8-2-4-12-38(32)40/h1-28H. The highest BCUT2D eigenvalue weighted by atomic mass is 19.1. The number of benzene rings is 9. The highest BCUT2D eigenvalue weighted by molar-refractivity contribution is 6.26. The van der Waals surface area contributed by atoms with Crippen molar-refractivity contribution in [1.29, 1.82) is 0 Å². The minimum atomic E-state index is -0.253. The molecule has 0 nitrogen and oxygen atoms in total. The summed E-state index contributed by atoms with van der Waals surface area (Å²) >= 11 is 0. The lowest BCUT2D eigenvalue weighted by Gasteiger charge is -2.21. The van der Waals surface area contributed by atoms with E-state index in [-0.39, 0.29) is 11.6 Å². The van der Waals surface area contributed by atoms with Crippen LogP contribution in [0.5, 0.6) is 0 Å². The van der Waals surface area contributed by atoms with Crippen molar-refractivity contribution >= 4 is 43.1 Å². The molecule has 0 saturated carbocycles. The first-order chi connectivity index (χ1) is 23.6. The molecule has 0 aromatic heterocycles. The van der Waals surface area contributed by atoms with Gasteiger partial charge >= 0.3 is 0 Å². The molecule has 0 aliphatic heterocycles. The quantitative estimate of drug-likeness (QED) is 0.172. The average molecular weight is 619 g/mol. The molecular weight excluding hydrogens is 591 g/mol. The van der Waals surface area contributed by atoms with E-state index in [4.69, 9.17) is 0 Å². The Morgan fingerprint density at radius 1 is 0.271 bits per heavy atom. The van der Waals surface area contributed by atoms with Crippen LogP contribution in [0.4, 0.5) is 8.78 Å². The summed E-state index contributed by atoms with van der Waals surface area (Å²) in [7, 11) is 0. The molecule has 0 aliphatic carbocycles. The van der Waals surface area contributed by atoms with Crippen LogP contribution >= 0.6 is 0 Å². The fourth-order valence-electron chi connectivity index (χ4n) is 7.34. The molecule has 9 aromatic carbocycles. The molecular formula is C46H28F2. The van der Waals surface area contributed by atoms with E-state index in [0.717, 1.165) is 66.1 Å². The summed E-state index contributed by atoms with van der Waals surface area (Å²) in [6.45, 7) is 0. The summed E-state index contributed by atoms with van der Waals surface area (Å²) in [5, 5.41) is 9.20. The zero-order chi connectivity index (χ0) is 32.2. The molecule has 0 fully saturated rings. The second kappa shape index (κ2) is 11.3. The van der Waals surface area contributed by atoms with E-state index in [9.17, 15) is 8.78 Å². The lowest BCUT2D eigenvalue weighted by Crippen LogP contribution is -1.94. The van der Waals surface area contributed by atoms with Gasteiger partial charge in [0.15, 0.2) is 0 Å². The van der Waals surface area contributed by atoms with E-state index in [1.807, 2.05) is 24.3 Å². The molecule has 9 rings (SSSR count). The number of halogens is 2. The fourth-order valence-corrected chi connectivity index (χ4v) is 7.34. The Morgan fingerprint density at radius 2 is 0.646 bits per heavy atom. The molecule has 0 N–H and O–H groups in total. The van der Waals surface area contributed by atoms with Crippen molar-refractivity contribution in [2.75, 3.05) is 0 Å². The van der Waals surface area contributed by atoms with Crippen LogP contribution < -0.4 is 0 Å². The first kappa shape index (κ1) is 28.1. The average Bonchev–Trinajstić information content (AvgIpc) is 3.14. The zero-order valence-electron chi connectivity index (χ0n) is 25.9. The predicted octanol–water partition coefficient (Wildman–Crippen LogP) is 13.2. The predicted molar refractivity (Wildman–Crippen MR) is 198 cm³/mol. The summed E-state index contributed by atoms with van der Waals surface area (Å²) in [6.07, 6.45) is 0. The van der Waals surface area contributed by atoms with Crippen LogP contribution in [0.15, 0.2) is 170 Å². The molecule has 48 heavy (non-hydrogen) atoms. The SMILES string of the molecule is Fc1ccc(-c2ccc3c(-c4cccc5ccccc45)c4cc(-c5ccc(F)cc5)ccc4c(-c4cccc5ccccc45)c3c2)cc1. The monoisotopic (exact) mass is 618 g/mol. The highest BCUT2D eigenvalue weighted by Crippen LogP contribution is 2.48. The third-order valence-electron chi connectivity index (χ3n) is 9.59. The van der Waals surface area contributed by atoms with Gasteiger partial charge in [-0.2, -0.15) is 0 Å². The van der Waals surface area contributed by atoms with Crippen molar-refractivity contribution in [1.82, 2.24) is 0 Å². The number of fused-ring (bicyclic) bond motifs is 4. The van der Waals surface area contributed by atoms with Gasteiger partial charge in [-0.25, -0.2) is 8.78 Å². The Kier molecular flexibility index (Phi) is 6.62. The van der Waals surface area contributed by atoms with Crippen molar-refractivity contribution < 1.29 is 8.78 Å². The Bertz CT molecular complexity index is 2470. The number of rotatable bonds is 4. The molecule has 0 saturated heterocycles. The summed E-state index contributed by atoms with van der Waals surface area (Å²) < 4.78 is 28.0. The van der Waals surface area contributed by atoms with Crippen molar-refractivity contribution in [3.8, 4) is 44.5 Å². The minimum Gasteiger partial charge on any atom is -0.207 e. The van der Waals surface area contributed by atoms with Crippen LogP contribution in [0.25, 0.3) is 87.6 Å². The van der Waals surface area contributed by atoms with Gasteiger partial charge in [0.25, 0.3) is 0 Å². The maximum absolute atomic E-state index is 14.0. The zero-order valence-corrected chi connectivity index (χ0v) is 25.9. The highest BCUT2D eigenvalue weighted by Gasteiger charge is 2.20. The third kappa shape index (κ3) is 4.65. The van der Waals surface area contributed by atoms with Crippen molar-refractivity contribution in [2.24, 2.45) is 0 Å². The molecule has 9 aromatic rings. The topological polar surface area (TPSA) is 0 Å². The van der Waals surface area contributed by atoms with E-state index in [1.54, 1.807) is 0 Å². The third-order valence-corrected chi connectivity index (χ3v) is 9.59. The molecule has 0 aliphatic rings. The maximum atomic E-state index is 14.0. The lowest BCUT2D eigenvalue weighted by molar-refractivity contribution is 0.627. The smallest absolute Gasteiger partial charge is 0.123 e. The van der Waals surface area contributed by atoms with Crippen LogP contribution in [-0.4, -0.2) is 0 Å². The first-order valence-corrected chi connectivity index (χ1v) is 16.1. The second-order valence-electron chi connectivity index (χ2n) is 12.3. The Labute approximate surface area is 277 Å². The van der Waals surface area contributed by atoms with Gasteiger partial charge in [-0.1, -0.05) is 133 Å². The fraction of sp³-hybridized carbons (Fsp3) is 0. The summed E-state index contributed by atoms with van der Waals surface area (Å²) in [6, 6.07) is 56.8. The van der Waals surface area contributed by atoms with Crippen LogP contribution in [-0.2, 0) is 0 Å². The van der Waals surface area contributed by atoms with E-state index in [1.165, 1.54) is 45.8 Å². The van der Waals surface area contributed by atoms with Crippen molar-refractivity contribution in [3.05, 3.63) is 181 Å². The van der Waals surface area contributed by atoms with Gasteiger partial charge in [-0.15, -0.1) is 0 Å². The minimum absolute atomic E-state index is 0.253. The Balaban J connectivity index is 1.48. The largest absolute Gasteiger partial charge is 0.207 e. The van der Waals surface area contributed by atoms with Crippen molar-refractivity contribution in [2.45, 2.75) is 0 Å². The maximum Gasteiger partial charge on any atom is 0.123 e. The Morgan fingerprint density at radius 3 is 1.08 bits per heavy atom. The van der Waals surface area contributed by atoms with Crippen molar-refractivity contribution in [3.63, 3.8) is 0 Å². The molecule has 226 valence electrons. The molecule has 0 atom stereocenters. The summed E-state index contributed by atoms with van der Waals surface area (Å²) in [4.78, 5) is 0. The second-order valence-corrected chi connectivity index (χ2v) is 12.3. The molecule has 0 heterocycles.